The van der Waals surface area contributed by atoms with E-state index in [2.05, 4.69) is 83.7 Å². The average molecular weight is 612 g/mol. The number of hydrogen-bond donors (Lipinski definition) is 0. The lowest BCUT2D eigenvalue weighted by Crippen LogP contribution is -2.00. The normalized spacial score (nSPS) is 10.9. The predicted octanol–water partition coefficient (Wildman–Crippen LogP) is 10.9. The molecule has 0 saturated heterocycles. The molecule has 0 aliphatic rings. The fourth-order valence-electron chi connectivity index (χ4n) is 6.16. The van der Waals surface area contributed by atoms with Crippen LogP contribution in [0.1, 0.15) is 5.56 Å². The fraction of sp³-hybridized carbons (Fsp3) is 0. The molecule has 0 atom stereocenters. The van der Waals surface area contributed by atoms with E-state index in [9.17, 15) is 5.26 Å². The van der Waals surface area contributed by atoms with Crippen LogP contribution < -0.4 is 0 Å². The van der Waals surface area contributed by atoms with Crippen molar-refractivity contribution < 1.29 is 0 Å². The Bertz CT molecular complexity index is 2590. The first kappa shape index (κ1) is 28.5. The van der Waals surface area contributed by atoms with Gasteiger partial charge in [-0.05, 0) is 68.1 Å². The van der Waals surface area contributed by atoms with Crippen LogP contribution in [-0.2, 0) is 0 Å². The van der Waals surface area contributed by atoms with Crippen molar-refractivity contribution in [2.24, 2.45) is 0 Å². The van der Waals surface area contributed by atoms with Crippen molar-refractivity contribution in [1.82, 2.24) is 15.0 Å². The van der Waals surface area contributed by atoms with E-state index in [-0.39, 0.29) is 0 Å². The third kappa shape index (κ3) is 5.32. The van der Waals surface area contributed by atoms with Gasteiger partial charge in [0.2, 0.25) is 0 Å². The van der Waals surface area contributed by atoms with Crippen molar-refractivity contribution in [2.75, 3.05) is 0 Å². The summed E-state index contributed by atoms with van der Waals surface area (Å²) in [5.74, 6) is 1.62. The number of benzene rings is 7. The summed E-state index contributed by atoms with van der Waals surface area (Å²) in [6, 6.07) is 52.8. The van der Waals surface area contributed by atoms with Crippen LogP contribution in [0.5, 0.6) is 0 Å². The standard InChI is InChI=1S/C43H25N5/c1-45-36-20-18-30(19-21-36)37-22-23-38(40-15-5-4-14-39(37)40)32-11-7-13-34(26-32)42-46-41(33-12-6-8-28(24-33)27-44)47-43(48-42)35-17-16-29-9-2-3-10-31(29)25-35/h2-26H. The highest BCUT2D eigenvalue weighted by molar-refractivity contribution is 6.05. The van der Waals surface area contributed by atoms with Crippen molar-refractivity contribution in [2.45, 2.75) is 0 Å². The van der Waals surface area contributed by atoms with Crippen molar-refractivity contribution in [3.05, 3.63) is 169 Å². The topological polar surface area (TPSA) is 66.8 Å². The molecule has 1 aromatic heterocycles. The van der Waals surface area contributed by atoms with Crippen LogP contribution in [0, 0.1) is 17.9 Å². The molecule has 0 radical (unpaired) electrons. The maximum atomic E-state index is 9.58. The van der Waals surface area contributed by atoms with E-state index in [1.54, 1.807) is 6.07 Å². The van der Waals surface area contributed by atoms with Gasteiger partial charge in [-0.3, -0.25) is 0 Å². The number of nitrogens with zero attached hydrogens (tertiary/aromatic N) is 5. The maximum absolute atomic E-state index is 9.58. The molecule has 0 amide bonds. The van der Waals surface area contributed by atoms with Gasteiger partial charge in [0, 0.05) is 16.7 Å². The quantitative estimate of drug-likeness (QED) is 0.182. The Morgan fingerprint density at radius 1 is 0.458 bits per heavy atom. The molecule has 7 aromatic carbocycles. The minimum Gasteiger partial charge on any atom is -0.238 e. The Balaban J connectivity index is 1.27. The zero-order valence-electron chi connectivity index (χ0n) is 25.7. The molecule has 0 spiro atoms. The zero-order valence-corrected chi connectivity index (χ0v) is 25.7. The molecule has 8 aromatic rings. The molecule has 48 heavy (non-hydrogen) atoms. The van der Waals surface area contributed by atoms with Crippen molar-refractivity contribution in [3.63, 3.8) is 0 Å². The second kappa shape index (κ2) is 12.1. The summed E-state index contributed by atoms with van der Waals surface area (Å²) < 4.78 is 0. The third-order valence-electron chi connectivity index (χ3n) is 8.56. The molecule has 0 N–H and O–H groups in total. The monoisotopic (exact) mass is 611 g/mol. The van der Waals surface area contributed by atoms with Crippen molar-refractivity contribution in [3.8, 4) is 62.5 Å². The number of rotatable bonds is 5. The van der Waals surface area contributed by atoms with Crippen molar-refractivity contribution >= 4 is 27.2 Å². The number of aromatic nitrogens is 3. The molecule has 5 nitrogen and oxygen atoms in total. The number of nitriles is 1. The van der Waals surface area contributed by atoms with Gasteiger partial charge in [0.05, 0.1) is 18.2 Å². The molecular weight excluding hydrogens is 587 g/mol. The molecule has 1 heterocycles. The van der Waals surface area contributed by atoms with E-state index < -0.39 is 0 Å². The van der Waals surface area contributed by atoms with Crippen LogP contribution in [0.2, 0.25) is 0 Å². The van der Waals surface area contributed by atoms with Gasteiger partial charge in [0.15, 0.2) is 23.2 Å². The van der Waals surface area contributed by atoms with E-state index in [4.69, 9.17) is 21.5 Å². The fourth-order valence-corrected chi connectivity index (χ4v) is 6.16. The second-order valence-electron chi connectivity index (χ2n) is 11.5. The summed E-state index contributed by atoms with van der Waals surface area (Å²) in [6.45, 7) is 7.31. The molecular formula is C43H25N5. The highest BCUT2D eigenvalue weighted by Crippen LogP contribution is 2.37. The molecule has 8 rings (SSSR count). The number of hydrogen-bond acceptors (Lipinski definition) is 4. The van der Waals surface area contributed by atoms with Gasteiger partial charge >= 0.3 is 0 Å². The van der Waals surface area contributed by atoms with E-state index >= 15 is 0 Å². The van der Waals surface area contributed by atoms with Crippen LogP contribution in [0.15, 0.2) is 152 Å². The van der Waals surface area contributed by atoms with Gasteiger partial charge in [0.25, 0.3) is 0 Å². The predicted molar refractivity (Wildman–Crippen MR) is 193 cm³/mol. The first-order chi connectivity index (χ1) is 23.7. The Morgan fingerprint density at radius 3 is 1.67 bits per heavy atom. The van der Waals surface area contributed by atoms with Crippen LogP contribution in [0.3, 0.4) is 0 Å². The summed E-state index contributed by atoms with van der Waals surface area (Å²) in [4.78, 5) is 18.4. The average Bonchev–Trinajstić information content (AvgIpc) is 3.17. The zero-order chi connectivity index (χ0) is 32.5. The lowest BCUT2D eigenvalue weighted by atomic mass is 9.91. The van der Waals surface area contributed by atoms with Crippen LogP contribution >= 0.6 is 0 Å². The summed E-state index contributed by atoms with van der Waals surface area (Å²) in [5.41, 5.74) is 7.98. The van der Waals surface area contributed by atoms with E-state index in [0.717, 1.165) is 60.5 Å². The highest BCUT2D eigenvalue weighted by Gasteiger charge is 2.15. The van der Waals surface area contributed by atoms with Crippen LogP contribution in [0.25, 0.3) is 82.8 Å². The molecule has 0 unspecified atom stereocenters. The Labute approximate surface area is 277 Å². The molecule has 5 heteroatoms. The van der Waals surface area contributed by atoms with Gasteiger partial charge in [0.1, 0.15) is 0 Å². The first-order valence-electron chi connectivity index (χ1n) is 15.5. The van der Waals surface area contributed by atoms with Gasteiger partial charge in [-0.25, -0.2) is 19.8 Å². The summed E-state index contributed by atoms with van der Waals surface area (Å²) in [6.07, 6.45) is 0. The number of fused-ring (bicyclic) bond motifs is 2. The maximum Gasteiger partial charge on any atom is 0.187 e. The largest absolute Gasteiger partial charge is 0.238 e. The Morgan fingerprint density at radius 2 is 1.00 bits per heavy atom. The summed E-state index contributed by atoms with van der Waals surface area (Å²) >= 11 is 0. The lowest BCUT2D eigenvalue weighted by molar-refractivity contribution is 1.07. The van der Waals surface area contributed by atoms with Gasteiger partial charge in [-0.1, -0.05) is 127 Å². The molecule has 0 bridgehead atoms. The van der Waals surface area contributed by atoms with E-state index in [1.807, 2.05) is 72.8 Å². The molecule has 222 valence electrons. The minimum absolute atomic E-state index is 0.504. The summed E-state index contributed by atoms with van der Waals surface area (Å²) in [5, 5.41) is 14.1. The second-order valence-corrected chi connectivity index (χ2v) is 11.5. The molecule has 0 aliphatic heterocycles. The third-order valence-corrected chi connectivity index (χ3v) is 8.56. The molecule has 0 saturated carbocycles. The Hall–Kier alpha value is -6.95. The SMILES string of the molecule is [C-]#[N+]c1ccc(-c2ccc(-c3cccc(-c4nc(-c5cccc(C#N)c5)nc(-c5ccc6ccccc6c5)n4)c3)c3ccccc23)cc1. The summed E-state index contributed by atoms with van der Waals surface area (Å²) in [7, 11) is 0. The van der Waals surface area contributed by atoms with E-state index in [0.29, 0.717) is 28.7 Å². The van der Waals surface area contributed by atoms with Crippen molar-refractivity contribution in [1.29, 1.82) is 5.26 Å². The van der Waals surface area contributed by atoms with Crippen LogP contribution in [0.4, 0.5) is 5.69 Å². The molecule has 0 fully saturated rings. The molecule has 0 aliphatic carbocycles. The van der Waals surface area contributed by atoms with Gasteiger partial charge < -0.3 is 0 Å². The smallest absolute Gasteiger partial charge is 0.187 e. The Kier molecular flexibility index (Phi) is 7.19. The minimum atomic E-state index is 0.504. The van der Waals surface area contributed by atoms with Crippen LogP contribution in [-0.4, -0.2) is 15.0 Å². The van der Waals surface area contributed by atoms with Gasteiger partial charge in [-0.15, -0.1) is 0 Å². The van der Waals surface area contributed by atoms with E-state index in [1.165, 1.54) is 0 Å². The lowest BCUT2D eigenvalue weighted by Gasteiger charge is -2.13. The highest BCUT2D eigenvalue weighted by atomic mass is 15.0. The van der Waals surface area contributed by atoms with Gasteiger partial charge in [-0.2, -0.15) is 5.26 Å². The first-order valence-corrected chi connectivity index (χ1v) is 15.5.